The highest BCUT2D eigenvalue weighted by Gasteiger charge is 2.30. The second-order valence-electron chi connectivity index (χ2n) is 5.68. The van der Waals surface area contributed by atoms with Crippen molar-refractivity contribution >= 4 is 28.8 Å². The molecule has 1 aromatic carbocycles. The van der Waals surface area contributed by atoms with E-state index in [0.717, 1.165) is 5.52 Å². The van der Waals surface area contributed by atoms with E-state index in [1.807, 2.05) is 24.3 Å². The lowest BCUT2D eigenvalue weighted by molar-refractivity contribution is -0.129. The number of benzene rings is 1. The zero-order valence-corrected chi connectivity index (χ0v) is 12.9. The highest BCUT2D eigenvalue weighted by atomic mass is 16.2. The summed E-state index contributed by atoms with van der Waals surface area (Å²) in [6.07, 6.45) is 2.41. The Labute approximate surface area is 137 Å². The Bertz CT molecular complexity index is 807. The normalized spacial score (nSPS) is 18.2. The van der Waals surface area contributed by atoms with Crippen molar-refractivity contribution in [2.75, 3.05) is 0 Å². The molecule has 2 aromatic rings. The molecule has 4 N–H and O–H groups in total. The highest BCUT2D eigenvalue weighted by molar-refractivity contribution is 5.93. The molecule has 0 radical (unpaired) electrons. The topological polar surface area (TPSA) is 127 Å². The molecule has 0 bridgehead atoms. The van der Waals surface area contributed by atoms with Gasteiger partial charge >= 0.3 is 0 Å². The van der Waals surface area contributed by atoms with E-state index in [4.69, 9.17) is 5.73 Å². The molecule has 8 heteroatoms. The number of aromatic nitrogens is 2. The molecule has 0 spiro atoms. The predicted molar refractivity (Wildman–Crippen MR) is 85.5 cm³/mol. The van der Waals surface area contributed by atoms with Crippen LogP contribution in [0.25, 0.3) is 11.0 Å². The molecule has 1 fully saturated rings. The summed E-state index contributed by atoms with van der Waals surface area (Å²) in [5.41, 5.74) is 7.38. The number of rotatable bonds is 5. The Hall–Kier alpha value is -3.03. The zero-order valence-electron chi connectivity index (χ0n) is 12.9. The van der Waals surface area contributed by atoms with Crippen LogP contribution in [-0.2, 0) is 20.8 Å². The molecule has 2 atom stereocenters. The highest BCUT2D eigenvalue weighted by Crippen LogP contribution is 2.11. The molecule has 0 aliphatic carbocycles. The lowest BCUT2D eigenvalue weighted by Crippen LogP contribution is -2.51. The van der Waals surface area contributed by atoms with E-state index in [-0.39, 0.29) is 12.3 Å². The lowest BCUT2D eigenvalue weighted by atomic mass is 10.1. The molecule has 2 heterocycles. The summed E-state index contributed by atoms with van der Waals surface area (Å²) >= 11 is 0. The third-order valence-electron chi connectivity index (χ3n) is 3.88. The Morgan fingerprint density at radius 2 is 2.08 bits per heavy atom. The Kier molecular flexibility index (Phi) is 4.37. The Morgan fingerprint density at radius 3 is 2.75 bits per heavy atom. The van der Waals surface area contributed by atoms with E-state index in [2.05, 4.69) is 20.6 Å². The molecule has 3 rings (SSSR count). The fourth-order valence-corrected chi connectivity index (χ4v) is 2.61. The van der Waals surface area contributed by atoms with Gasteiger partial charge in [0.05, 0.1) is 16.7 Å². The van der Waals surface area contributed by atoms with Crippen molar-refractivity contribution < 1.29 is 14.4 Å². The van der Waals surface area contributed by atoms with Gasteiger partial charge in [0.15, 0.2) is 0 Å². The lowest BCUT2D eigenvalue weighted by Gasteiger charge is -2.18. The SMILES string of the molecule is NC(=O)[C@@H](Cc1cnc2ccccc2n1)NC(=O)[C@H]1CCC(=O)N1. The standard InChI is InChI=1S/C16H17N5O3/c17-15(23)13(21-16(24)12-5-6-14(22)20-12)7-9-8-18-10-3-1-2-4-11(10)19-9/h1-4,8,12-13H,5-7H2,(H2,17,23)(H,20,22)(H,21,24)/t12-,13-/m1/s1. The minimum atomic E-state index is -0.912. The minimum Gasteiger partial charge on any atom is -0.368 e. The monoisotopic (exact) mass is 327 g/mol. The van der Waals surface area contributed by atoms with Gasteiger partial charge in [-0.15, -0.1) is 0 Å². The Balaban J connectivity index is 1.72. The van der Waals surface area contributed by atoms with Crippen molar-refractivity contribution in [2.24, 2.45) is 5.73 Å². The second-order valence-corrected chi connectivity index (χ2v) is 5.68. The third kappa shape index (κ3) is 3.48. The fraction of sp³-hybridized carbons (Fsp3) is 0.312. The van der Waals surface area contributed by atoms with E-state index in [1.54, 1.807) is 6.20 Å². The number of primary amides is 1. The molecular formula is C16H17N5O3. The van der Waals surface area contributed by atoms with Crippen LogP contribution in [0.3, 0.4) is 0 Å². The van der Waals surface area contributed by atoms with Gasteiger partial charge in [-0.1, -0.05) is 12.1 Å². The van der Waals surface area contributed by atoms with Gasteiger partial charge in [-0.05, 0) is 18.6 Å². The van der Waals surface area contributed by atoms with Gasteiger partial charge < -0.3 is 16.4 Å². The smallest absolute Gasteiger partial charge is 0.243 e. The number of hydrogen-bond acceptors (Lipinski definition) is 5. The maximum atomic E-state index is 12.1. The number of nitrogens with one attached hydrogen (secondary N) is 2. The molecule has 1 saturated heterocycles. The first kappa shape index (κ1) is 15.9. The quantitative estimate of drug-likeness (QED) is 0.677. The molecule has 0 unspecified atom stereocenters. The van der Waals surface area contributed by atoms with Gasteiger partial charge in [-0.25, -0.2) is 4.98 Å². The summed E-state index contributed by atoms with van der Waals surface area (Å²) in [6, 6.07) is 5.82. The van der Waals surface area contributed by atoms with Gasteiger partial charge in [0.2, 0.25) is 17.7 Å². The first-order valence-electron chi connectivity index (χ1n) is 7.62. The Morgan fingerprint density at radius 1 is 1.33 bits per heavy atom. The van der Waals surface area contributed by atoms with Crippen LogP contribution in [0.1, 0.15) is 18.5 Å². The number of para-hydroxylation sites is 2. The fourth-order valence-electron chi connectivity index (χ4n) is 2.61. The van der Waals surface area contributed by atoms with Crippen molar-refractivity contribution in [1.29, 1.82) is 0 Å². The van der Waals surface area contributed by atoms with Gasteiger partial charge in [0.1, 0.15) is 12.1 Å². The molecule has 3 amide bonds. The molecule has 0 saturated carbocycles. The van der Waals surface area contributed by atoms with E-state index in [0.29, 0.717) is 24.1 Å². The van der Waals surface area contributed by atoms with Crippen molar-refractivity contribution in [3.8, 4) is 0 Å². The van der Waals surface area contributed by atoms with Crippen LogP contribution in [0.5, 0.6) is 0 Å². The molecule has 8 nitrogen and oxygen atoms in total. The summed E-state index contributed by atoms with van der Waals surface area (Å²) in [7, 11) is 0. The van der Waals surface area contributed by atoms with Crippen molar-refractivity contribution in [2.45, 2.75) is 31.3 Å². The largest absolute Gasteiger partial charge is 0.368 e. The van der Waals surface area contributed by atoms with Crippen molar-refractivity contribution in [3.63, 3.8) is 0 Å². The summed E-state index contributed by atoms with van der Waals surface area (Å²) in [6.45, 7) is 0. The predicted octanol–water partition coefficient (Wildman–Crippen LogP) is -0.579. The van der Waals surface area contributed by atoms with Crippen molar-refractivity contribution in [1.82, 2.24) is 20.6 Å². The average molecular weight is 327 g/mol. The number of carbonyl (C=O) groups is 3. The summed E-state index contributed by atoms with van der Waals surface area (Å²) in [5.74, 6) is -1.26. The van der Waals surface area contributed by atoms with Crippen LogP contribution in [-0.4, -0.2) is 39.8 Å². The van der Waals surface area contributed by atoms with Crippen molar-refractivity contribution in [3.05, 3.63) is 36.2 Å². The van der Waals surface area contributed by atoms with Gasteiger partial charge in [-0.2, -0.15) is 0 Å². The molecule has 1 aliphatic rings. The second kappa shape index (κ2) is 6.61. The first-order chi connectivity index (χ1) is 11.5. The molecule has 1 aromatic heterocycles. The summed E-state index contributed by atoms with van der Waals surface area (Å²) < 4.78 is 0. The van der Waals surface area contributed by atoms with E-state index >= 15 is 0 Å². The van der Waals surface area contributed by atoms with Crippen LogP contribution < -0.4 is 16.4 Å². The number of hydrogen-bond donors (Lipinski definition) is 3. The first-order valence-corrected chi connectivity index (χ1v) is 7.62. The van der Waals surface area contributed by atoms with E-state index < -0.39 is 23.9 Å². The summed E-state index contributed by atoms with van der Waals surface area (Å²) in [5, 5.41) is 5.13. The number of nitrogens with two attached hydrogens (primary N) is 1. The van der Waals surface area contributed by atoms with E-state index in [1.165, 1.54) is 0 Å². The molecule has 124 valence electrons. The van der Waals surface area contributed by atoms with Crippen LogP contribution in [0.2, 0.25) is 0 Å². The number of carbonyl (C=O) groups excluding carboxylic acids is 3. The van der Waals surface area contributed by atoms with Crippen LogP contribution >= 0.6 is 0 Å². The molecular weight excluding hydrogens is 310 g/mol. The van der Waals surface area contributed by atoms with Crippen LogP contribution in [0.4, 0.5) is 0 Å². The van der Waals surface area contributed by atoms with Crippen LogP contribution in [0.15, 0.2) is 30.5 Å². The molecule has 1 aliphatic heterocycles. The average Bonchev–Trinajstić information content (AvgIpc) is 3.00. The van der Waals surface area contributed by atoms with Crippen LogP contribution in [0, 0.1) is 0 Å². The van der Waals surface area contributed by atoms with Gasteiger partial charge in [-0.3, -0.25) is 19.4 Å². The van der Waals surface area contributed by atoms with Gasteiger partial charge in [0.25, 0.3) is 0 Å². The zero-order chi connectivity index (χ0) is 17.1. The van der Waals surface area contributed by atoms with Gasteiger partial charge in [0, 0.05) is 19.0 Å². The third-order valence-corrected chi connectivity index (χ3v) is 3.88. The summed E-state index contributed by atoms with van der Waals surface area (Å²) in [4.78, 5) is 43.7. The number of fused-ring (bicyclic) bond motifs is 1. The number of nitrogens with zero attached hydrogens (tertiary/aromatic N) is 2. The molecule has 24 heavy (non-hydrogen) atoms. The minimum absolute atomic E-state index is 0.138. The maximum absolute atomic E-state index is 12.1. The van der Waals surface area contributed by atoms with E-state index in [9.17, 15) is 14.4 Å². The maximum Gasteiger partial charge on any atom is 0.243 e. The number of amides is 3.